The normalized spacial score (nSPS) is 11.4. The molecular formula is C27H38ClN7O. The number of hydrogen-bond donors (Lipinski definition) is 3. The lowest BCUT2D eigenvalue weighted by Gasteiger charge is -2.15. The average Bonchev–Trinajstić information content (AvgIpc) is 2.83. The number of para-hydroxylation sites is 1. The van der Waals surface area contributed by atoms with E-state index < -0.39 is 0 Å². The molecule has 0 radical (unpaired) electrons. The van der Waals surface area contributed by atoms with Gasteiger partial charge >= 0.3 is 0 Å². The molecule has 3 aromatic rings. The minimum absolute atomic E-state index is 0.0820. The number of hydrogen-bond acceptors (Lipinski definition) is 7. The molecule has 1 heterocycles. The molecule has 0 saturated carbocycles. The van der Waals surface area contributed by atoms with E-state index in [0.717, 1.165) is 61.3 Å². The minimum atomic E-state index is -0.0820. The van der Waals surface area contributed by atoms with Gasteiger partial charge in [-0.3, -0.25) is 4.79 Å². The number of rotatable bonds is 14. The molecule has 0 atom stereocenters. The van der Waals surface area contributed by atoms with Crippen LogP contribution in [0.1, 0.15) is 19.3 Å². The van der Waals surface area contributed by atoms with Gasteiger partial charge in [-0.1, -0.05) is 23.7 Å². The fourth-order valence-electron chi connectivity index (χ4n) is 3.81. The first-order chi connectivity index (χ1) is 17.3. The Morgan fingerprint density at radius 1 is 0.917 bits per heavy atom. The summed E-state index contributed by atoms with van der Waals surface area (Å²) >= 11 is 6.29. The maximum absolute atomic E-state index is 12.7. The van der Waals surface area contributed by atoms with Crippen LogP contribution >= 0.6 is 11.6 Å². The first-order valence-electron chi connectivity index (χ1n) is 12.4. The number of benzene rings is 2. The van der Waals surface area contributed by atoms with Crippen LogP contribution < -0.4 is 16.0 Å². The van der Waals surface area contributed by atoms with Crippen LogP contribution in [0.2, 0.25) is 5.02 Å². The highest BCUT2D eigenvalue weighted by molar-refractivity contribution is 6.31. The topological polar surface area (TPSA) is 85.4 Å². The molecule has 0 aliphatic heterocycles. The van der Waals surface area contributed by atoms with Crippen LogP contribution in [-0.2, 0) is 4.79 Å². The smallest absolute Gasteiger partial charge is 0.225 e. The van der Waals surface area contributed by atoms with Crippen LogP contribution in [-0.4, -0.2) is 86.6 Å². The van der Waals surface area contributed by atoms with Crippen molar-refractivity contribution < 1.29 is 4.79 Å². The monoisotopic (exact) mass is 511 g/mol. The van der Waals surface area contributed by atoms with Gasteiger partial charge in [-0.15, -0.1) is 0 Å². The molecule has 1 aromatic heterocycles. The fourth-order valence-corrected chi connectivity index (χ4v) is 3.98. The van der Waals surface area contributed by atoms with Gasteiger partial charge in [0, 0.05) is 35.5 Å². The number of fused-ring (bicyclic) bond motifs is 1. The molecule has 0 spiro atoms. The third-order valence-electron chi connectivity index (χ3n) is 5.66. The Bertz CT molecular complexity index is 1140. The second kappa shape index (κ2) is 14.1. The van der Waals surface area contributed by atoms with Crippen molar-refractivity contribution in [2.24, 2.45) is 0 Å². The third-order valence-corrected chi connectivity index (χ3v) is 5.90. The van der Waals surface area contributed by atoms with Gasteiger partial charge in [0.2, 0.25) is 5.91 Å². The van der Waals surface area contributed by atoms with Gasteiger partial charge in [0.15, 0.2) is 5.82 Å². The zero-order valence-electron chi connectivity index (χ0n) is 21.8. The van der Waals surface area contributed by atoms with Crippen molar-refractivity contribution >= 4 is 39.9 Å². The van der Waals surface area contributed by atoms with Crippen molar-refractivity contribution in [1.82, 2.24) is 25.1 Å². The molecule has 3 rings (SSSR count). The standard InChI is InChI=1S/C27H38ClN7O/c1-34(2)17-7-14-29-16-13-25(36)31-24-19-20(28)11-12-22(24)27-32-23-10-6-5-9-21(23)26(33-27)30-15-8-18-35(3)4/h5-6,9-12,19,29H,7-8,13-18H2,1-4H3,(H,31,36)(H,30,32,33). The largest absolute Gasteiger partial charge is 0.369 e. The Balaban J connectivity index is 1.75. The molecule has 3 N–H and O–H groups in total. The van der Waals surface area contributed by atoms with Crippen LogP contribution in [0.4, 0.5) is 11.5 Å². The van der Waals surface area contributed by atoms with E-state index in [1.54, 1.807) is 12.1 Å². The van der Waals surface area contributed by atoms with E-state index in [2.05, 4.69) is 53.9 Å². The average molecular weight is 512 g/mol. The quantitative estimate of drug-likeness (QED) is 0.280. The van der Waals surface area contributed by atoms with Crippen molar-refractivity contribution in [2.45, 2.75) is 19.3 Å². The summed E-state index contributed by atoms with van der Waals surface area (Å²) in [6.45, 7) is 4.29. The van der Waals surface area contributed by atoms with Gasteiger partial charge in [-0.2, -0.15) is 0 Å². The van der Waals surface area contributed by atoms with Crippen molar-refractivity contribution in [3.63, 3.8) is 0 Å². The van der Waals surface area contributed by atoms with Gasteiger partial charge in [0.25, 0.3) is 0 Å². The highest BCUT2D eigenvalue weighted by atomic mass is 35.5. The van der Waals surface area contributed by atoms with Crippen LogP contribution in [0.3, 0.4) is 0 Å². The van der Waals surface area contributed by atoms with Crippen molar-refractivity contribution in [3.8, 4) is 11.4 Å². The lowest BCUT2D eigenvalue weighted by molar-refractivity contribution is -0.116. The summed E-state index contributed by atoms with van der Waals surface area (Å²) in [6.07, 6.45) is 2.40. The molecular weight excluding hydrogens is 474 g/mol. The molecule has 0 saturated heterocycles. The first-order valence-corrected chi connectivity index (χ1v) is 12.8. The molecule has 0 unspecified atom stereocenters. The molecule has 8 nitrogen and oxygen atoms in total. The zero-order chi connectivity index (χ0) is 25.9. The second-order valence-electron chi connectivity index (χ2n) is 9.39. The van der Waals surface area contributed by atoms with Crippen molar-refractivity contribution in [2.75, 3.05) is 71.5 Å². The maximum Gasteiger partial charge on any atom is 0.225 e. The number of carbonyl (C=O) groups excluding carboxylic acids is 1. The van der Waals surface area contributed by atoms with E-state index in [9.17, 15) is 4.79 Å². The Morgan fingerprint density at radius 2 is 1.64 bits per heavy atom. The van der Waals surface area contributed by atoms with E-state index in [0.29, 0.717) is 29.5 Å². The van der Waals surface area contributed by atoms with E-state index in [4.69, 9.17) is 21.6 Å². The summed E-state index contributed by atoms with van der Waals surface area (Å²) in [5.74, 6) is 1.24. The number of aromatic nitrogens is 2. The lowest BCUT2D eigenvalue weighted by atomic mass is 10.1. The number of amides is 1. The summed E-state index contributed by atoms with van der Waals surface area (Å²) in [4.78, 5) is 26.7. The maximum atomic E-state index is 12.7. The lowest BCUT2D eigenvalue weighted by Crippen LogP contribution is -2.25. The predicted molar refractivity (Wildman–Crippen MR) is 151 cm³/mol. The van der Waals surface area contributed by atoms with E-state index in [-0.39, 0.29) is 5.91 Å². The predicted octanol–water partition coefficient (Wildman–Crippen LogP) is 4.18. The van der Waals surface area contributed by atoms with E-state index in [1.807, 2.05) is 30.3 Å². The molecule has 0 aliphatic carbocycles. The Kier molecular flexibility index (Phi) is 10.9. The summed E-state index contributed by atoms with van der Waals surface area (Å²) in [5.41, 5.74) is 2.18. The number of nitrogens with one attached hydrogen (secondary N) is 3. The summed E-state index contributed by atoms with van der Waals surface area (Å²) in [6, 6.07) is 13.3. The number of nitrogens with zero attached hydrogens (tertiary/aromatic N) is 4. The Labute approximate surface area is 219 Å². The third kappa shape index (κ3) is 8.71. The Morgan fingerprint density at radius 3 is 2.39 bits per heavy atom. The van der Waals surface area contributed by atoms with Crippen LogP contribution in [0, 0.1) is 0 Å². The second-order valence-corrected chi connectivity index (χ2v) is 9.83. The molecule has 194 valence electrons. The van der Waals surface area contributed by atoms with E-state index >= 15 is 0 Å². The van der Waals surface area contributed by atoms with Gasteiger partial charge in [-0.25, -0.2) is 9.97 Å². The molecule has 0 aliphatic rings. The fraction of sp³-hybridized carbons (Fsp3) is 0.444. The highest BCUT2D eigenvalue weighted by Gasteiger charge is 2.15. The van der Waals surface area contributed by atoms with Crippen molar-refractivity contribution in [3.05, 3.63) is 47.5 Å². The number of anilines is 2. The first kappa shape index (κ1) is 27.8. The van der Waals surface area contributed by atoms with Gasteiger partial charge in [0.1, 0.15) is 5.82 Å². The number of carbonyl (C=O) groups is 1. The number of halogens is 1. The molecule has 1 amide bonds. The van der Waals surface area contributed by atoms with Crippen LogP contribution in [0.15, 0.2) is 42.5 Å². The molecule has 0 bridgehead atoms. The van der Waals surface area contributed by atoms with Gasteiger partial charge < -0.3 is 25.8 Å². The molecule has 9 heteroatoms. The van der Waals surface area contributed by atoms with E-state index in [1.165, 1.54) is 0 Å². The molecule has 0 fully saturated rings. The minimum Gasteiger partial charge on any atom is -0.369 e. The summed E-state index contributed by atoms with van der Waals surface area (Å²) < 4.78 is 0. The highest BCUT2D eigenvalue weighted by Crippen LogP contribution is 2.31. The van der Waals surface area contributed by atoms with Crippen LogP contribution in [0.5, 0.6) is 0 Å². The molecule has 36 heavy (non-hydrogen) atoms. The summed E-state index contributed by atoms with van der Waals surface area (Å²) in [7, 11) is 8.24. The summed E-state index contributed by atoms with van der Waals surface area (Å²) in [5, 5.41) is 11.3. The Hall–Kier alpha value is -2.78. The molecule has 2 aromatic carbocycles. The van der Waals surface area contributed by atoms with Gasteiger partial charge in [-0.05, 0) is 91.0 Å². The van der Waals surface area contributed by atoms with Crippen molar-refractivity contribution in [1.29, 1.82) is 0 Å². The SMILES string of the molecule is CN(C)CCCNCCC(=O)Nc1cc(Cl)ccc1-c1nc(NCCCN(C)C)c2ccccc2n1. The van der Waals surface area contributed by atoms with Gasteiger partial charge in [0.05, 0.1) is 11.2 Å². The zero-order valence-corrected chi connectivity index (χ0v) is 22.5. The van der Waals surface area contributed by atoms with Crippen LogP contribution in [0.25, 0.3) is 22.3 Å².